The lowest BCUT2D eigenvalue weighted by molar-refractivity contribution is 0.596. The Kier molecular flexibility index (Phi) is 5.62. The van der Waals surface area contributed by atoms with Gasteiger partial charge in [0.2, 0.25) is 0 Å². The van der Waals surface area contributed by atoms with Gasteiger partial charge in [-0.3, -0.25) is 0 Å². The van der Waals surface area contributed by atoms with Crippen LogP contribution in [0.5, 0.6) is 0 Å². The molecule has 0 aliphatic heterocycles. The van der Waals surface area contributed by atoms with Crippen molar-refractivity contribution in [3.05, 3.63) is 65.0 Å². The number of thioether (sulfide) groups is 1. The molecule has 0 saturated heterocycles. The summed E-state index contributed by atoms with van der Waals surface area (Å²) in [7, 11) is 0. The molecule has 0 atom stereocenters. The van der Waals surface area contributed by atoms with Crippen molar-refractivity contribution in [1.29, 1.82) is 0 Å². The summed E-state index contributed by atoms with van der Waals surface area (Å²) in [6, 6.07) is 13.8. The number of halogens is 1. The van der Waals surface area contributed by atoms with Gasteiger partial charge in [0.1, 0.15) is 5.82 Å². The molecule has 20 heavy (non-hydrogen) atoms. The largest absolute Gasteiger partial charge is 0.313 e. The second-order valence-electron chi connectivity index (χ2n) is 4.82. The van der Waals surface area contributed by atoms with Crippen LogP contribution in [0.15, 0.2) is 47.4 Å². The Morgan fingerprint density at radius 1 is 1.10 bits per heavy atom. The summed E-state index contributed by atoms with van der Waals surface area (Å²) < 4.78 is 14.0. The van der Waals surface area contributed by atoms with Gasteiger partial charge in [0.15, 0.2) is 0 Å². The molecule has 0 aliphatic carbocycles. The third-order valence-electron chi connectivity index (χ3n) is 3.05. The van der Waals surface area contributed by atoms with Crippen molar-refractivity contribution in [1.82, 2.24) is 5.32 Å². The molecule has 2 aromatic rings. The number of nitrogens with one attached hydrogen (secondary N) is 1. The molecular formula is C17H20FNS. The first-order chi connectivity index (χ1) is 9.69. The third-order valence-corrected chi connectivity index (χ3v) is 4.17. The number of benzene rings is 2. The van der Waals surface area contributed by atoms with Crippen LogP contribution in [0, 0.1) is 12.7 Å². The van der Waals surface area contributed by atoms with E-state index in [4.69, 9.17) is 0 Å². The molecule has 3 heteroatoms. The van der Waals surface area contributed by atoms with E-state index in [0.29, 0.717) is 4.90 Å². The van der Waals surface area contributed by atoms with Crippen LogP contribution in [-0.4, -0.2) is 6.54 Å². The maximum atomic E-state index is 14.0. The first kappa shape index (κ1) is 15.1. The lowest BCUT2D eigenvalue weighted by Gasteiger charge is -2.07. The Bertz CT molecular complexity index is 569. The molecule has 106 valence electrons. The van der Waals surface area contributed by atoms with Crippen molar-refractivity contribution < 1.29 is 4.39 Å². The second-order valence-corrected chi connectivity index (χ2v) is 5.84. The number of aryl methyl sites for hydroxylation is 1. The van der Waals surface area contributed by atoms with E-state index >= 15 is 0 Å². The van der Waals surface area contributed by atoms with E-state index < -0.39 is 0 Å². The minimum Gasteiger partial charge on any atom is -0.313 e. The van der Waals surface area contributed by atoms with Gasteiger partial charge < -0.3 is 5.32 Å². The zero-order chi connectivity index (χ0) is 14.4. The SMILES string of the molecule is CCNCc1ccc(SCc2cccc(C)c2)c(F)c1. The molecule has 2 rings (SSSR count). The van der Waals surface area contributed by atoms with Crippen molar-refractivity contribution in [2.75, 3.05) is 6.54 Å². The molecule has 0 heterocycles. The Hall–Kier alpha value is -1.32. The van der Waals surface area contributed by atoms with E-state index in [1.165, 1.54) is 11.1 Å². The minimum atomic E-state index is -0.127. The van der Waals surface area contributed by atoms with Gasteiger partial charge in [-0.05, 0) is 36.7 Å². The number of rotatable bonds is 6. The van der Waals surface area contributed by atoms with Crippen LogP contribution in [0.25, 0.3) is 0 Å². The van der Waals surface area contributed by atoms with E-state index in [1.807, 2.05) is 25.1 Å². The smallest absolute Gasteiger partial charge is 0.137 e. The quantitative estimate of drug-likeness (QED) is 0.784. The average Bonchev–Trinajstić information content (AvgIpc) is 2.44. The normalized spacial score (nSPS) is 10.8. The molecule has 0 aromatic heterocycles. The van der Waals surface area contributed by atoms with Crippen LogP contribution >= 0.6 is 11.8 Å². The summed E-state index contributed by atoms with van der Waals surface area (Å²) in [6.45, 7) is 5.73. The van der Waals surface area contributed by atoms with Gasteiger partial charge in [-0.15, -0.1) is 11.8 Å². The summed E-state index contributed by atoms with van der Waals surface area (Å²) >= 11 is 1.55. The van der Waals surface area contributed by atoms with Gasteiger partial charge in [0.05, 0.1) is 0 Å². The maximum absolute atomic E-state index is 14.0. The molecule has 0 aliphatic rings. The fourth-order valence-electron chi connectivity index (χ4n) is 2.00. The first-order valence-electron chi connectivity index (χ1n) is 6.86. The van der Waals surface area contributed by atoms with Gasteiger partial charge >= 0.3 is 0 Å². The molecule has 2 aromatic carbocycles. The molecular weight excluding hydrogens is 269 g/mol. The molecule has 0 saturated carbocycles. The summed E-state index contributed by atoms with van der Waals surface area (Å²) in [5.74, 6) is 0.670. The van der Waals surface area contributed by atoms with E-state index in [0.717, 1.165) is 24.4 Å². The van der Waals surface area contributed by atoms with Crippen molar-refractivity contribution in [2.45, 2.75) is 31.0 Å². The van der Waals surface area contributed by atoms with E-state index in [1.54, 1.807) is 17.8 Å². The molecule has 0 fully saturated rings. The summed E-state index contributed by atoms with van der Waals surface area (Å²) in [5.41, 5.74) is 3.46. The zero-order valence-electron chi connectivity index (χ0n) is 11.9. The summed E-state index contributed by atoms with van der Waals surface area (Å²) in [5, 5.41) is 3.20. The zero-order valence-corrected chi connectivity index (χ0v) is 12.8. The standard InChI is InChI=1S/C17H20FNS/c1-3-19-11-14-7-8-17(16(18)10-14)20-12-15-6-4-5-13(2)9-15/h4-10,19H,3,11-12H2,1-2H3. The molecule has 0 amide bonds. The van der Waals surface area contributed by atoms with Crippen LogP contribution in [0.3, 0.4) is 0 Å². The van der Waals surface area contributed by atoms with Crippen molar-refractivity contribution in [3.63, 3.8) is 0 Å². The predicted molar refractivity (Wildman–Crippen MR) is 84.5 cm³/mol. The summed E-state index contributed by atoms with van der Waals surface area (Å²) in [4.78, 5) is 0.715. The van der Waals surface area contributed by atoms with Crippen molar-refractivity contribution in [2.24, 2.45) is 0 Å². The van der Waals surface area contributed by atoms with Crippen LogP contribution in [0.1, 0.15) is 23.6 Å². The highest BCUT2D eigenvalue weighted by molar-refractivity contribution is 7.98. The highest BCUT2D eigenvalue weighted by atomic mass is 32.2. The van der Waals surface area contributed by atoms with Gasteiger partial charge in [0, 0.05) is 17.2 Å². The topological polar surface area (TPSA) is 12.0 Å². The highest BCUT2D eigenvalue weighted by Gasteiger charge is 2.05. The Labute approximate surface area is 124 Å². The highest BCUT2D eigenvalue weighted by Crippen LogP contribution is 2.26. The third kappa shape index (κ3) is 4.36. The lowest BCUT2D eigenvalue weighted by atomic mass is 10.2. The van der Waals surface area contributed by atoms with Gasteiger partial charge in [-0.2, -0.15) is 0 Å². The van der Waals surface area contributed by atoms with Crippen LogP contribution in [-0.2, 0) is 12.3 Å². The van der Waals surface area contributed by atoms with Gasteiger partial charge in [-0.25, -0.2) is 4.39 Å². The van der Waals surface area contributed by atoms with E-state index in [2.05, 4.69) is 30.4 Å². The van der Waals surface area contributed by atoms with Crippen molar-refractivity contribution in [3.8, 4) is 0 Å². The number of hydrogen-bond acceptors (Lipinski definition) is 2. The molecule has 1 nitrogen and oxygen atoms in total. The van der Waals surface area contributed by atoms with Crippen LogP contribution < -0.4 is 5.32 Å². The molecule has 0 unspecified atom stereocenters. The molecule has 0 bridgehead atoms. The fraction of sp³-hybridized carbons (Fsp3) is 0.294. The predicted octanol–water partition coefficient (Wildman–Crippen LogP) is 4.54. The van der Waals surface area contributed by atoms with Crippen LogP contribution in [0.2, 0.25) is 0 Å². The Balaban J connectivity index is 1.99. The second kappa shape index (κ2) is 7.46. The lowest BCUT2D eigenvalue weighted by Crippen LogP contribution is -2.11. The molecule has 1 N–H and O–H groups in total. The van der Waals surface area contributed by atoms with Gasteiger partial charge in [-0.1, -0.05) is 42.8 Å². The minimum absolute atomic E-state index is 0.127. The molecule has 0 radical (unpaired) electrons. The van der Waals surface area contributed by atoms with Gasteiger partial charge in [0.25, 0.3) is 0 Å². The first-order valence-corrected chi connectivity index (χ1v) is 7.85. The summed E-state index contributed by atoms with van der Waals surface area (Å²) in [6.07, 6.45) is 0. The van der Waals surface area contributed by atoms with E-state index in [-0.39, 0.29) is 5.82 Å². The van der Waals surface area contributed by atoms with Crippen molar-refractivity contribution >= 4 is 11.8 Å². The van der Waals surface area contributed by atoms with E-state index in [9.17, 15) is 4.39 Å². The number of hydrogen-bond donors (Lipinski definition) is 1. The van der Waals surface area contributed by atoms with Crippen LogP contribution in [0.4, 0.5) is 4.39 Å². The molecule has 0 spiro atoms. The Morgan fingerprint density at radius 3 is 2.65 bits per heavy atom. The monoisotopic (exact) mass is 289 g/mol. The fourth-order valence-corrected chi connectivity index (χ4v) is 2.87. The average molecular weight is 289 g/mol. The Morgan fingerprint density at radius 2 is 1.95 bits per heavy atom. The maximum Gasteiger partial charge on any atom is 0.137 e.